The molecule has 0 radical (unpaired) electrons. The van der Waals surface area contributed by atoms with Gasteiger partial charge in [-0.25, -0.2) is 8.42 Å². The van der Waals surface area contributed by atoms with Crippen LogP contribution in [0.3, 0.4) is 0 Å². The molecular formula is C30H36ClN3O4S. The molecule has 0 aromatic heterocycles. The van der Waals surface area contributed by atoms with Gasteiger partial charge in [0.05, 0.1) is 10.6 Å². The van der Waals surface area contributed by atoms with E-state index in [2.05, 4.69) is 5.32 Å². The minimum Gasteiger partial charge on any atom is -0.352 e. The first-order valence-corrected chi connectivity index (χ1v) is 14.7. The molecule has 2 amide bonds. The predicted molar refractivity (Wildman–Crippen MR) is 156 cm³/mol. The molecule has 39 heavy (non-hydrogen) atoms. The van der Waals surface area contributed by atoms with Crippen LogP contribution in [0.25, 0.3) is 0 Å². The molecule has 7 nitrogen and oxygen atoms in total. The standard InChI is InChI=1S/C30H36ClN3O4S/c1-6-23(4)32-30(36)24(5)33(19-25-12-10-11-21(2)17-25)29(35)20-34(28-16-15-26(31)18-22(28)3)39(37,38)27-13-8-7-9-14-27/h7-18,23-24H,6,19-20H2,1-5H3,(H,32,36)/t23-,24+/m0/s1. The van der Waals surface area contributed by atoms with Crippen LogP contribution in [0.2, 0.25) is 5.02 Å². The minimum absolute atomic E-state index is 0.0555. The maximum atomic E-state index is 14.0. The first-order chi connectivity index (χ1) is 18.4. The van der Waals surface area contributed by atoms with E-state index in [1.54, 1.807) is 50.2 Å². The summed E-state index contributed by atoms with van der Waals surface area (Å²) in [7, 11) is -4.12. The molecule has 0 aliphatic rings. The highest BCUT2D eigenvalue weighted by Crippen LogP contribution is 2.29. The van der Waals surface area contributed by atoms with Crippen LogP contribution in [-0.2, 0) is 26.2 Å². The summed E-state index contributed by atoms with van der Waals surface area (Å²) in [6, 6.07) is 19.6. The maximum Gasteiger partial charge on any atom is 0.264 e. The van der Waals surface area contributed by atoms with Crippen molar-refractivity contribution in [1.29, 1.82) is 0 Å². The first-order valence-electron chi connectivity index (χ1n) is 12.9. The molecule has 3 aromatic carbocycles. The molecule has 3 rings (SSSR count). The van der Waals surface area contributed by atoms with Gasteiger partial charge in [-0.05, 0) is 75.6 Å². The largest absolute Gasteiger partial charge is 0.352 e. The Morgan fingerprint density at radius 1 is 0.949 bits per heavy atom. The lowest BCUT2D eigenvalue weighted by molar-refractivity contribution is -0.139. The molecule has 3 aromatic rings. The Bertz CT molecular complexity index is 1410. The summed E-state index contributed by atoms with van der Waals surface area (Å²) in [4.78, 5) is 28.6. The number of carbonyl (C=O) groups is 2. The van der Waals surface area contributed by atoms with Gasteiger partial charge in [-0.1, -0.05) is 66.6 Å². The van der Waals surface area contributed by atoms with Crippen LogP contribution in [0.4, 0.5) is 5.69 Å². The highest BCUT2D eigenvalue weighted by atomic mass is 35.5. The third-order valence-corrected chi connectivity index (χ3v) is 8.65. The van der Waals surface area contributed by atoms with Crippen LogP contribution in [0.5, 0.6) is 0 Å². The van der Waals surface area contributed by atoms with Gasteiger partial charge in [0, 0.05) is 17.6 Å². The fourth-order valence-corrected chi connectivity index (χ4v) is 5.91. The Morgan fingerprint density at radius 3 is 2.26 bits per heavy atom. The fourth-order valence-electron chi connectivity index (χ4n) is 4.19. The lowest BCUT2D eigenvalue weighted by atomic mass is 10.1. The summed E-state index contributed by atoms with van der Waals surface area (Å²) in [6.45, 7) is 8.87. The Hall–Kier alpha value is -3.36. The summed E-state index contributed by atoms with van der Waals surface area (Å²) < 4.78 is 28.8. The summed E-state index contributed by atoms with van der Waals surface area (Å²) in [5, 5.41) is 3.39. The highest BCUT2D eigenvalue weighted by molar-refractivity contribution is 7.92. The van der Waals surface area contributed by atoms with Crippen molar-refractivity contribution in [3.63, 3.8) is 0 Å². The number of anilines is 1. The SMILES string of the molecule is CC[C@H](C)NC(=O)[C@@H](C)N(Cc1cccc(C)c1)C(=O)CN(c1ccc(Cl)cc1C)S(=O)(=O)c1ccccc1. The van der Waals surface area contributed by atoms with Crippen molar-refractivity contribution in [1.82, 2.24) is 10.2 Å². The zero-order valence-electron chi connectivity index (χ0n) is 23.0. The molecule has 0 unspecified atom stereocenters. The monoisotopic (exact) mass is 569 g/mol. The van der Waals surface area contributed by atoms with E-state index in [-0.39, 0.29) is 23.4 Å². The Kier molecular flexibility index (Phi) is 10.2. The van der Waals surface area contributed by atoms with Crippen LogP contribution >= 0.6 is 11.6 Å². The molecular weight excluding hydrogens is 534 g/mol. The second-order valence-electron chi connectivity index (χ2n) is 9.76. The lowest BCUT2D eigenvalue weighted by Crippen LogP contribution is -2.52. The molecule has 0 saturated carbocycles. The van der Waals surface area contributed by atoms with E-state index in [9.17, 15) is 18.0 Å². The van der Waals surface area contributed by atoms with E-state index in [1.807, 2.05) is 45.0 Å². The van der Waals surface area contributed by atoms with E-state index >= 15 is 0 Å². The molecule has 0 spiro atoms. The van der Waals surface area contributed by atoms with Crippen LogP contribution in [0, 0.1) is 13.8 Å². The van der Waals surface area contributed by atoms with Gasteiger partial charge in [0.25, 0.3) is 10.0 Å². The van der Waals surface area contributed by atoms with E-state index in [0.717, 1.165) is 21.9 Å². The smallest absolute Gasteiger partial charge is 0.264 e. The summed E-state index contributed by atoms with van der Waals surface area (Å²) in [6.07, 6.45) is 0.739. The topological polar surface area (TPSA) is 86.8 Å². The van der Waals surface area contributed by atoms with Gasteiger partial charge in [-0.2, -0.15) is 0 Å². The quantitative estimate of drug-likeness (QED) is 0.331. The van der Waals surface area contributed by atoms with Crippen molar-refractivity contribution >= 4 is 39.1 Å². The van der Waals surface area contributed by atoms with Crippen molar-refractivity contribution in [2.24, 2.45) is 0 Å². The van der Waals surface area contributed by atoms with Gasteiger partial charge in [-0.3, -0.25) is 13.9 Å². The average Bonchev–Trinajstić information content (AvgIpc) is 2.90. The summed E-state index contributed by atoms with van der Waals surface area (Å²) >= 11 is 6.15. The Labute approximate surface area is 236 Å². The molecule has 0 aliphatic heterocycles. The number of nitrogens with one attached hydrogen (secondary N) is 1. The number of sulfonamides is 1. The number of amides is 2. The van der Waals surface area contributed by atoms with Gasteiger partial charge in [-0.15, -0.1) is 0 Å². The molecule has 1 N–H and O–H groups in total. The molecule has 0 bridgehead atoms. The number of benzene rings is 3. The average molecular weight is 570 g/mol. The number of halogens is 1. The van der Waals surface area contributed by atoms with Crippen LogP contribution in [-0.4, -0.2) is 43.8 Å². The summed E-state index contributed by atoms with van der Waals surface area (Å²) in [5.74, 6) is -0.803. The zero-order chi connectivity index (χ0) is 28.7. The number of hydrogen-bond donors (Lipinski definition) is 1. The summed E-state index contributed by atoms with van der Waals surface area (Å²) in [5.41, 5.74) is 2.79. The van der Waals surface area contributed by atoms with Crippen molar-refractivity contribution in [2.75, 3.05) is 10.8 Å². The number of carbonyl (C=O) groups excluding carboxylic acids is 2. The zero-order valence-corrected chi connectivity index (χ0v) is 24.6. The minimum atomic E-state index is -4.12. The molecule has 0 heterocycles. The third-order valence-electron chi connectivity index (χ3n) is 6.64. The van der Waals surface area contributed by atoms with Gasteiger partial charge in [0.2, 0.25) is 11.8 Å². The lowest BCUT2D eigenvalue weighted by Gasteiger charge is -2.33. The second-order valence-corrected chi connectivity index (χ2v) is 12.1. The van der Waals surface area contributed by atoms with Crippen LogP contribution in [0.1, 0.15) is 43.9 Å². The van der Waals surface area contributed by atoms with Crippen molar-refractivity contribution in [3.8, 4) is 0 Å². The van der Waals surface area contributed by atoms with Gasteiger partial charge >= 0.3 is 0 Å². The molecule has 0 aliphatic carbocycles. The predicted octanol–water partition coefficient (Wildman–Crippen LogP) is 5.48. The number of nitrogens with zero attached hydrogens (tertiary/aromatic N) is 2. The second kappa shape index (κ2) is 13.1. The van der Waals surface area contributed by atoms with Gasteiger partial charge in [0.1, 0.15) is 12.6 Å². The van der Waals surface area contributed by atoms with E-state index in [0.29, 0.717) is 16.3 Å². The number of hydrogen-bond acceptors (Lipinski definition) is 4. The van der Waals surface area contributed by atoms with Crippen molar-refractivity contribution < 1.29 is 18.0 Å². The van der Waals surface area contributed by atoms with Gasteiger partial charge < -0.3 is 10.2 Å². The maximum absolute atomic E-state index is 14.0. The van der Waals surface area contributed by atoms with Crippen molar-refractivity contribution in [3.05, 3.63) is 94.5 Å². The number of aryl methyl sites for hydroxylation is 2. The number of rotatable bonds is 11. The molecule has 208 valence electrons. The van der Waals surface area contributed by atoms with E-state index in [4.69, 9.17) is 11.6 Å². The normalized spacial score (nSPS) is 12.9. The Morgan fingerprint density at radius 2 is 1.64 bits per heavy atom. The molecule has 0 saturated heterocycles. The van der Waals surface area contributed by atoms with E-state index < -0.39 is 28.5 Å². The van der Waals surface area contributed by atoms with Crippen molar-refractivity contribution in [2.45, 2.75) is 64.6 Å². The fraction of sp³-hybridized carbons (Fsp3) is 0.333. The highest BCUT2D eigenvalue weighted by Gasteiger charge is 2.33. The molecule has 0 fully saturated rings. The van der Waals surface area contributed by atoms with E-state index in [1.165, 1.54) is 17.0 Å². The molecule has 2 atom stereocenters. The van der Waals surface area contributed by atoms with Gasteiger partial charge in [0.15, 0.2) is 0 Å². The first kappa shape index (κ1) is 30.2. The van der Waals surface area contributed by atoms with Crippen LogP contribution < -0.4 is 9.62 Å². The Balaban J connectivity index is 2.05. The third kappa shape index (κ3) is 7.61. The molecule has 9 heteroatoms. The van der Waals surface area contributed by atoms with Crippen LogP contribution in [0.15, 0.2) is 77.7 Å².